The molecule has 1 aromatic rings. The van der Waals surface area contributed by atoms with Crippen LogP contribution in [0.2, 0.25) is 0 Å². The van der Waals surface area contributed by atoms with E-state index in [1.807, 2.05) is 25.7 Å². The molecule has 0 atom stereocenters. The van der Waals surface area contributed by atoms with E-state index in [4.69, 9.17) is 0 Å². The summed E-state index contributed by atoms with van der Waals surface area (Å²) in [6.07, 6.45) is 1.74. The summed E-state index contributed by atoms with van der Waals surface area (Å²) in [5.41, 5.74) is 3.90. The molecular formula is C14H16N4S. The Morgan fingerprint density at radius 2 is 2.21 bits per heavy atom. The van der Waals surface area contributed by atoms with Crippen molar-refractivity contribution in [1.29, 1.82) is 5.26 Å². The van der Waals surface area contributed by atoms with Gasteiger partial charge in [0.05, 0.1) is 17.7 Å². The topological polar surface area (TPSA) is 52.3 Å². The lowest BCUT2D eigenvalue weighted by atomic mass is 10.0. The molecule has 2 heterocycles. The predicted molar refractivity (Wildman–Crippen MR) is 79.7 cm³/mol. The number of nitriles is 1. The Balaban J connectivity index is 2.68. The minimum Gasteiger partial charge on any atom is -0.333 e. The van der Waals surface area contributed by atoms with Crippen LogP contribution in [0, 0.1) is 18.3 Å². The van der Waals surface area contributed by atoms with E-state index in [9.17, 15) is 5.26 Å². The third-order valence-electron chi connectivity index (χ3n) is 3.01. The molecule has 0 aromatic carbocycles. The van der Waals surface area contributed by atoms with Crippen LogP contribution in [-0.2, 0) is 0 Å². The van der Waals surface area contributed by atoms with Crippen LogP contribution in [0.3, 0.4) is 0 Å². The SMILES string of the molecule is C=C1c2c(C)nc(SCC)c(C#N)c2N=CN1CC. The van der Waals surface area contributed by atoms with Crippen LogP contribution in [0.4, 0.5) is 5.69 Å². The van der Waals surface area contributed by atoms with Gasteiger partial charge in [0.1, 0.15) is 16.7 Å². The van der Waals surface area contributed by atoms with Gasteiger partial charge in [0.2, 0.25) is 0 Å². The van der Waals surface area contributed by atoms with E-state index in [1.165, 1.54) is 0 Å². The molecule has 0 radical (unpaired) electrons. The van der Waals surface area contributed by atoms with Crippen molar-refractivity contribution >= 4 is 29.5 Å². The Bertz CT molecular complexity index is 598. The van der Waals surface area contributed by atoms with Crippen molar-refractivity contribution < 1.29 is 0 Å². The molecule has 0 N–H and O–H groups in total. The zero-order valence-electron chi connectivity index (χ0n) is 11.4. The zero-order chi connectivity index (χ0) is 14.0. The molecule has 1 aliphatic heterocycles. The van der Waals surface area contributed by atoms with Crippen LogP contribution < -0.4 is 0 Å². The second kappa shape index (κ2) is 5.45. The van der Waals surface area contributed by atoms with Gasteiger partial charge in [-0.2, -0.15) is 5.26 Å². The van der Waals surface area contributed by atoms with E-state index < -0.39 is 0 Å². The lowest BCUT2D eigenvalue weighted by molar-refractivity contribution is 0.627. The number of nitrogens with zero attached hydrogens (tertiary/aromatic N) is 4. The molecule has 1 aliphatic rings. The zero-order valence-corrected chi connectivity index (χ0v) is 12.2. The molecule has 0 unspecified atom stereocenters. The Labute approximate surface area is 117 Å². The Hall–Kier alpha value is -1.80. The maximum absolute atomic E-state index is 9.38. The maximum Gasteiger partial charge on any atom is 0.116 e. The smallest absolute Gasteiger partial charge is 0.116 e. The summed E-state index contributed by atoms with van der Waals surface area (Å²) in [5, 5.41) is 10.1. The summed E-state index contributed by atoms with van der Waals surface area (Å²) in [4.78, 5) is 10.9. The predicted octanol–water partition coefficient (Wildman–Crippen LogP) is 3.34. The van der Waals surface area contributed by atoms with Crippen molar-refractivity contribution in [3.8, 4) is 6.07 Å². The first-order chi connectivity index (χ1) is 9.13. The third-order valence-corrected chi connectivity index (χ3v) is 3.87. The molecule has 0 saturated carbocycles. The highest BCUT2D eigenvalue weighted by Crippen LogP contribution is 2.39. The van der Waals surface area contributed by atoms with Gasteiger partial charge in [0.25, 0.3) is 0 Å². The number of fused-ring (bicyclic) bond motifs is 1. The first kappa shape index (κ1) is 13.6. The summed E-state index contributed by atoms with van der Waals surface area (Å²) in [5.74, 6) is 0.881. The highest BCUT2D eigenvalue weighted by molar-refractivity contribution is 7.99. The van der Waals surface area contributed by atoms with Crippen LogP contribution in [0.1, 0.15) is 30.7 Å². The van der Waals surface area contributed by atoms with Crippen LogP contribution in [0.15, 0.2) is 16.6 Å². The fourth-order valence-electron chi connectivity index (χ4n) is 2.09. The van der Waals surface area contributed by atoms with E-state index in [-0.39, 0.29) is 0 Å². The maximum atomic E-state index is 9.38. The molecule has 0 saturated heterocycles. The van der Waals surface area contributed by atoms with Crippen LogP contribution >= 0.6 is 11.8 Å². The van der Waals surface area contributed by atoms with E-state index >= 15 is 0 Å². The lowest BCUT2D eigenvalue weighted by Crippen LogP contribution is -2.23. The number of hydrogen-bond acceptors (Lipinski definition) is 5. The summed E-state index contributed by atoms with van der Waals surface area (Å²) in [6, 6.07) is 2.23. The van der Waals surface area contributed by atoms with Gasteiger partial charge >= 0.3 is 0 Å². The molecule has 5 heteroatoms. The van der Waals surface area contributed by atoms with Crippen LogP contribution in [0.5, 0.6) is 0 Å². The summed E-state index contributed by atoms with van der Waals surface area (Å²) >= 11 is 1.57. The molecule has 0 fully saturated rings. The van der Waals surface area contributed by atoms with Crippen LogP contribution in [0.25, 0.3) is 5.70 Å². The molecular weight excluding hydrogens is 256 g/mol. The van der Waals surface area contributed by atoms with Gasteiger partial charge in [0, 0.05) is 17.8 Å². The summed E-state index contributed by atoms with van der Waals surface area (Å²) < 4.78 is 0. The lowest BCUT2D eigenvalue weighted by Gasteiger charge is -2.27. The average molecular weight is 272 g/mol. The van der Waals surface area contributed by atoms with E-state index in [1.54, 1.807) is 18.1 Å². The van der Waals surface area contributed by atoms with E-state index in [0.29, 0.717) is 11.3 Å². The summed E-state index contributed by atoms with van der Waals surface area (Å²) in [7, 11) is 0. The van der Waals surface area contributed by atoms with Crippen molar-refractivity contribution in [1.82, 2.24) is 9.88 Å². The second-order valence-corrected chi connectivity index (χ2v) is 5.38. The number of aryl methyl sites for hydroxylation is 1. The van der Waals surface area contributed by atoms with Gasteiger partial charge in [-0.15, -0.1) is 11.8 Å². The molecule has 4 nitrogen and oxygen atoms in total. The van der Waals surface area contributed by atoms with Gasteiger partial charge in [-0.05, 0) is 19.6 Å². The molecule has 19 heavy (non-hydrogen) atoms. The number of aromatic nitrogens is 1. The van der Waals surface area contributed by atoms with Crippen molar-refractivity contribution in [2.45, 2.75) is 25.8 Å². The molecule has 2 rings (SSSR count). The number of hydrogen-bond donors (Lipinski definition) is 0. The Kier molecular flexibility index (Phi) is 3.91. The number of pyridine rings is 1. The van der Waals surface area contributed by atoms with Crippen LogP contribution in [-0.4, -0.2) is 28.5 Å². The monoisotopic (exact) mass is 272 g/mol. The molecule has 98 valence electrons. The van der Waals surface area contributed by atoms with Gasteiger partial charge < -0.3 is 4.90 Å². The molecule has 1 aromatic heterocycles. The fraction of sp³-hybridized carbons (Fsp3) is 0.357. The van der Waals surface area contributed by atoms with Crippen molar-refractivity contribution in [3.63, 3.8) is 0 Å². The van der Waals surface area contributed by atoms with E-state index in [2.05, 4.69) is 22.6 Å². The highest BCUT2D eigenvalue weighted by Gasteiger charge is 2.24. The summed E-state index contributed by atoms with van der Waals surface area (Å²) in [6.45, 7) is 10.9. The van der Waals surface area contributed by atoms with Gasteiger partial charge in [-0.25, -0.2) is 9.98 Å². The Morgan fingerprint density at radius 1 is 1.47 bits per heavy atom. The van der Waals surface area contributed by atoms with Gasteiger partial charge in [0.15, 0.2) is 0 Å². The fourth-order valence-corrected chi connectivity index (χ4v) is 2.85. The number of rotatable bonds is 3. The van der Waals surface area contributed by atoms with Crippen molar-refractivity contribution in [2.24, 2.45) is 4.99 Å². The Morgan fingerprint density at radius 3 is 2.79 bits per heavy atom. The standard InChI is InChI=1S/C14H16N4S/c1-5-18-8-16-13-11(7-15)14(19-6-2)17-9(3)12(13)10(18)4/h8H,4-6H2,1-3H3. The van der Waals surface area contributed by atoms with Crippen molar-refractivity contribution in [3.05, 3.63) is 23.4 Å². The molecule has 0 spiro atoms. The first-order valence-electron chi connectivity index (χ1n) is 6.21. The first-order valence-corrected chi connectivity index (χ1v) is 7.20. The highest BCUT2D eigenvalue weighted by atomic mass is 32.2. The average Bonchev–Trinajstić information content (AvgIpc) is 2.39. The second-order valence-electron chi connectivity index (χ2n) is 4.12. The minimum absolute atomic E-state index is 0.556. The quantitative estimate of drug-likeness (QED) is 0.792. The van der Waals surface area contributed by atoms with Crippen molar-refractivity contribution in [2.75, 3.05) is 12.3 Å². The minimum atomic E-state index is 0.556. The largest absolute Gasteiger partial charge is 0.333 e. The van der Waals surface area contributed by atoms with E-state index in [0.717, 1.165) is 34.3 Å². The van der Waals surface area contributed by atoms with Gasteiger partial charge in [-0.3, -0.25) is 0 Å². The number of aliphatic imine (C=N–C) groups is 1. The molecule has 0 amide bonds. The molecule has 0 bridgehead atoms. The molecule has 0 aliphatic carbocycles. The normalized spacial score (nSPS) is 13.4. The van der Waals surface area contributed by atoms with Gasteiger partial charge in [-0.1, -0.05) is 13.5 Å². The number of thioether (sulfide) groups is 1. The third kappa shape index (κ3) is 2.24.